The van der Waals surface area contributed by atoms with E-state index in [0.29, 0.717) is 0 Å². The third-order valence-corrected chi connectivity index (χ3v) is 8.82. The molecule has 5 aromatic carbocycles. The molecule has 0 atom stereocenters. The predicted molar refractivity (Wildman–Crippen MR) is 158 cm³/mol. The Balaban J connectivity index is 1.33. The van der Waals surface area contributed by atoms with Crippen molar-refractivity contribution in [2.24, 2.45) is 0 Å². The van der Waals surface area contributed by atoms with E-state index in [1.54, 1.807) is 11.3 Å². The number of nitrogens with zero attached hydrogens (tertiary/aromatic N) is 1. The highest BCUT2D eigenvalue weighted by Crippen LogP contribution is 2.51. The van der Waals surface area contributed by atoms with Crippen molar-refractivity contribution in [2.45, 2.75) is 19.3 Å². The van der Waals surface area contributed by atoms with Gasteiger partial charge in [-0.2, -0.15) is 0 Å². The summed E-state index contributed by atoms with van der Waals surface area (Å²) in [6.07, 6.45) is 0. The zero-order valence-electron chi connectivity index (χ0n) is 20.7. The van der Waals surface area contributed by atoms with Crippen molar-refractivity contribution in [3.8, 4) is 11.1 Å². The molecule has 1 aliphatic rings. The summed E-state index contributed by atoms with van der Waals surface area (Å²) in [5, 5.41) is 1.57. The molecule has 2 nitrogen and oxygen atoms in total. The smallest absolute Gasteiger partial charge is 0.195 e. The van der Waals surface area contributed by atoms with E-state index >= 15 is 0 Å². The molecule has 0 saturated heterocycles. The molecule has 0 aliphatic carbocycles. The number of benzene rings is 5. The van der Waals surface area contributed by atoms with Crippen molar-refractivity contribution in [1.82, 2.24) is 0 Å². The number of para-hydroxylation sites is 2. The minimum absolute atomic E-state index is 0.0735. The molecule has 1 aromatic heterocycles. The minimum atomic E-state index is -0.0735. The molecule has 0 amide bonds. The highest BCUT2D eigenvalue weighted by atomic mass is 32.1. The van der Waals surface area contributed by atoms with E-state index in [-0.39, 0.29) is 10.8 Å². The molecule has 0 spiro atoms. The number of anilines is 3. The Morgan fingerprint density at radius 2 is 1.16 bits per heavy atom. The zero-order valence-corrected chi connectivity index (χ0v) is 21.5. The third-order valence-electron chi connectivity index (χ3n) is 7.67. The van der Waals surface area contributed by atoms with Gasteiger partial charge in [0.15, 0.2) is 5.43 Å². The van der Waals surface area contributed by atoms with Gasteiger partial charge in [-0.1, -0.05) is 80.6 Å². The Bertz CT molecular complexity index is 1830. The van der Waals surface area contributed by atoms with Gasteiger partial charge in [-0.25, -0.2) is 0 Å². The summed E-state index contributed by atoms with van der Waals surface area (Å²) in [5.74, 6) is 0. The van der Waals surface area contributed by atoms with Crippen LogP contribution in [0.2, 0.25) is 0 Å². The van der Waals surface area contributed by atoms with Gasteiger partial charge in [-0.15, -0.1) is 11.3 Å². The summed E-state index contributed by atoms with van der Waals surface area (Å²) in [5.41, 5.74) is 8.39. The molecular formula is C34H25NOS. The lowest BCUT2D eigenvalue weighted by molar-refractivity contribution is 0.632. The molecule has 3 heteroatoms. The van der Waals surface area contributed by atoms with Crippen LogP contribution in [0.1, 0.15) is 25.0 Å². The Kier molecular flexibility index (Phi) is 4.85. The first-order valence-electron chi connectivity index (χ1n) is 12.6. The molecule has 7 rings (SSSR count). The van der Waals surface area contributed by atoms with Crippen molar-refractivity contribution in [1.29, 1.82) is 0 Å². The van der Waals surface area contributed by atoms with Crippen molar-refractivity contribution in [3.05, 3.63) is 137 Å². The predicted octanol–water partition coefficient (Wildman–Crippen LogP) is 9.19. The normalized spacial score (nSPS) is 13.9. The van der Waals surface area contributed by atoms with Crippen molar-refractivity contribution in [3.63, 3.8) is 0 Å². The van der Waals surface area contributed by atoms with Crippen LogP contribution in [0, 0.1) is 0 Å². The summed E-state index contributed by atoms with van der Waals surface area (Å²) < 4.78 is 2.05. The fraction of sp³-hybridized carbons (Fsp3) is 0.0882. The maximum absolute atomic E-state index is 13.2. The van der Waals surface area contributed by atoms with Crippen LogP contribution in [-0.2, 0) is 5.41 Å². The quantitative estimate of drug-likeness (QED) is 0.223. The Morgan fingerprint density at radius 3 is 1.86 bits per heavy atom. The zero-order chi connectivity index (χ0) is 25.1. The van der Waals surface area contributed by atoms with Gasteiger partial charge in [0.1, 0.15) is 0 Å². The highest BCUT2D eigenvalue weighted by molar-refractivity contribution is 7.24. The van der Waals surface area contributed by atoms with E-state index in [4.69, 9.17) is 0 Å². The monoisotopic (exact) mass is 495 g/mol. The van der Waals surface area contributed by atoms with E-state index in [1.165, 1.54) is 22.5 Å². The lowest BCUT2D eigenvalue weighted by Crippen LogP contribution is -2.30. The Morgan fingerprint density at radius 1 is 0.595 bits per heavy atom. The van der Waals surface area contributed by atoms with E-state index in [0.717, 1.165) is 37.0 Å². The van der Waals surface area contributed by atoms with Crippen LogP contribution in [0.15, 0.2) is 120 Å². The molecule has 37 heavy (non-hydrogen) atoms. The van der Waals surface area contributed by atoms with Crippen molar-refractivity contribution >= 4 is 48.6 Å². The van der Waals surface area contributed by atoms with Gasteiger partial charge in [-0.05, 0) is 70.8 Å². The number of hydrogen-bond donors (Lipinski definition) is 0. The standard InChI is InChI=1S/C34H25NOS/c1-34(2)27-10-4-6-12-29(27)35(30-13-7-5-11-28(30)34)24-18-15-22(16-19-24)23-17-20-32-26(21-23)33(36)25-9-3-8-14-31(25)37-32/h3-21H,1-2H3. The largest absolute Gasteiger partial charge is 0.310 e. The molecule has 0 radical (unpaired) electrons. The number of hydrogen-bond acceptors (Lipinski definition) is 3. The first-order valence-corrected chi connectivity index (χ1v) is 13.4. The van der Waals surface area contributed by atoms with Crippen LogP contribution in [0.5, 0.6) is 0 Å². The molecule has 0 unspecified atom stereocenters. The van der Waals surface area contributed by atoms with E-state index in [2.05, 4.69) is 104 Å². The molecule has 0 fully saturated rings. The summed E-state index contributed by atoms with van der Waals surface area (Å²) in [6.45, 7) is 4.61. The molecule has 0 bridgehead atoms. The Labute approximate surface area is 220 Å². The highest BCUT2D eigenvalue weighted by Gasteiger charge is 2.36. The van der Waals surface area contributed by atoms with Crippen LogP contribution < -0.4 is 10.3 Å². The second-order valence-corrected chi connectivity index (χ2v) is 11.3. The fourth-order valence-corrected chi connectivity index (χ4v) is 6.78. The van der Waals surface area contributed by atoms with Gasteiger partial charge in [0.25, 0.3) is 0 Å². The van der Waals surface area contributed by atoms with Crippen LogP contribution in [0.3, 0.4) is 0 Å². The van der Waals surface area contributed by atoms with E-state index in [1.807, 2.05) is 30.3 Å². The van der Waals surface area contributed by atoms with Gasteiger partial charge in [0.2, 0.25) is 0 Å². The Hall–Kier alpha value is -4.21. The molecule has 2 heterocycles. The first-order chi connectivity index (χ1) is 18.0. The summed E-state index contributed by atoms with van der Waals surface area (Å²) in [4.78, 5) is 15.6. The van der Waals surface area contributed by atoms with Crippen molar-refractivity contribution < 1.29 is 0 Å². The molecule has 0 N–H and O–H groups in total. The van der Waals surface area contributed by atoms with Crippen LogP contribution in [0.25, 0.3) is 31.3 Å². The van der Waals surface area contributed by atoms with Crippen molar-refractivity contribution in [2.75, 3.05) is 4.90 Å². The van der Waals surface area contributed by atoms with Gasteiger partial charge in [0, 0.05) is 31.3 Å². The van der Waals surface area contributed by atoms with Crippen LogP contribution in [-0.4, -0.2) is 0 Å². The average Bonchev–Trinajstić information content (AvgIpc) is 2.94. The molecular weight excluding hydrogens is 470 g/mol. The lowest BCUT2D eigenvalue weighted by Gasteiger charge is -2.42. The summed E-state index contributed by atoms with van der Waals surface area (Å²) >= 11 is 1.67. The second-order valence-electron chi connectivity index (χ2n) is 10.2. The number of fused-ring (bicyclic) bond motifs is 4. The van der Waals surface area contributed by atoms with E-state index in [9.17, 15) is 4.79 Å². The third kappa shape index (κ3) is 3.35. The summed E-state index contributed by atoms with van der Waals surface area (Å²) in [6, 6.07) is 40.2. The van der Waals surface area contributed by atoms with Gasteiger partial charge in [-0.3, -0.25) is 4.79 Å². The lowest BCUT2D eigenvalue weighted by atomic mass is 9.73. The number of rotatable bonds is 2. The van der Waals surface area contributed by atoms with Gasteiger partial charge < -0.3 is 4.90 Å². The molecule has 0 saturated carbocycles. The molecule has 1 aliphatic heterocycles. The maximum Gasteiger partial charge on any atom is 0.195 e. The second kappa shape index (κ2) is 8.16. The average molecular weight is 496 g/mol. The SMILES string of the molecule is CC1(C)c2ccccc2N(c2ccc(-c3ccc4sc5ccccc5c(=O)c4c3)cc2)c2ccccc21. The van der Waals surface area contributed by atoms with E-state index < -0.39 is 0 Å². The summed E-state index contributed by atoms with van der Waals surface area (Å²) in [7, 11) is 0. The molecule has 178 valence electrons. The topological polar surface area (TPSA) is 20.3 Å². The molecule has 6 aromatic rings. The maximum atomic E-state index is 13.2. The fourth-order valence-electron chi connectivity index (χ4n) is 5.73. The van der Waals surface area contributed by atoms with Gasteiger partial charge in [0.05, 0.1) is 11.4 Å². The van der Waals surface area contributed by atoms with Gasteiger partial charge >= 0.3 is 0 Å². The first kappa shape index (κ1) is 22.0. The minimum Gasteiger partial charge on any atom is -0.310 e. The van der Waals surface area contributed by atoms with Crippen LogP contribution in [0.4, 0.5) is 17.1 Å². The van der Waals surface area contributed by atoms with Crippen LogP contribution >= 0.6 is 11.3 Å².